The first-order valence-electron chi connectivity index (χ1n) is 9.56. The van der Waals surface area contributed by atoms with E-state index in [0.717, 1.165) is 27.3 Å². The highest BCUT2D eigenvalue weighted by atomic mass is 19.4. The molecule has 0 radical (unpaired) electrons. The van der Waals surface area contributed by atoms with Crippen LogP contribution >= 0.6 is 0 Å². The number of carbonyl (C=O) groups excluding carboxylic acids is 1. The summed E-state index contributed by atoms with van der Waals surface area (Å²) < 4.78 is 46.7. The number of alkyl halides is 3. The lowest BCUT2D eigenvalue weighted by Crippen LogP contribution is -2.29. The second-order valence-electron chi connectivity index (χ2n) is 7.32. The molecule has 1 heterocycles. The molecule has 8 heteroatoms. The van der Waals surface area contributed by atoms with E-state index >= 15 is 0 Å². The molecule has 2 aromatic carbocycles. The van der Waals surface area contributed by atoms with Crippen molar-refractivity contribution in [1.82, 2.24) is 4.57 Å². The van der Waals surface area contributed by atoms with E-state index in [1.807, 2.05) is 26.0 Å². The van der Waals surface area contributed by atoms with Gasteiger partial charge in [-0.1, -0.05) is 35.9 Å². The van der Waals surface area contributed by atoms with Gasteiger partial charge in [0.25, 0.3) is 5.56 Å². The van der Waals surface area contributed by atoms with Crippen LogP contribution in [-0.2, 0) is 17.5 Å². The molecule has 0 amide bonds. The first kappa shape index (κ1) is 22.8. The van der Waals surface area contributed by atoms with Gasteiger partial charge in [0.05, 0.1) is 30.5 Å². The molecule has 0 aliphatic rings. The molecule has 0 saturated carbocycles. The largest absolute Gasteiger partial charge is 0.465 e. The summed E-state index contributed by atoms with van der Waals surface area (Å²) in [6.45, 7) is 3.72. The van der Waals surface area contributed by atoms with Crippen molar-refractivity contribution >= 4 is 5.97 Å². The molecule has 0 unspecified atom stereocenters. The lowest BCUT2D eigenvalue weighted by atomic mass is 10.0. The summed E-state index contributed by atoms with van der Waals surface area (Å²) >= 11 is 0. The summed E-state index contributed by atoms with van der Waals surface area (Å²) in [5, 5.41) is 9.32. The number of hydrogen-bond acceptors (Lipinski definition) is 4. The number of esters is 1. The predicted molar refractivity (Wildman–Crippen MR) is 112 cm³/mol. The lowest BCUT2D eigenvalue weighted by Gasteiger charge is -2.19. The van der Waals surface area contributed by atoms with Crippen LogP contribution in [0, 0.1) is 25.2 Å². The SMILES string of the molecule is COC(=O)c1ccc(-c2cc(C(F)(F)F)c(C#N)c(=O)n2Cc2ccc(C)cc2C)cc1. The van der Waals surface area contributed by atoms with Crippen LogP contribution in [-0.4, -0.2) is 17.6 Å². The van der Waals surface area contributed by atoms with Crippen LogP contribution in [0.25, 0.3) is 11.3 Å². The zero-order valence-electron chi connectivity index (χ0n) is 17.6. The number of aryl methyl sites for hydroxylation is 2. The molecule has 0 aliphatic carbocycles. The number of rotatable bonds is 4. The highest BCUT2D eigenvalue weighted by Gasteiger charge is 2.36. The van der Waals surface area contributed by atoms with E-state index in [9.17, 15) is 28.0 Å². The van der Waals surface area contributed by atoms with Crippen molar-refractivity contribution in [3.8, 4) is 17.3 Å². The summed E-state index contributed by atoms with van der Waals surface area (Å²) in [5.74, 6) is -0.597. The second-order valence-corrected chi connectivity index (χ2v) is 7.32. The highest BCUT2D eigenvalue weighted by Crippen LogP contribution is 2.34. The van der Waals surface area contributed by atoms with Crippen LogP contribution in [0.15, 0.2) is 53.3 Å². The molecule has 0 aliphatic heterocycles. The summed E-state index contributed by atoms with van der Waals surface area (Å²) in [7, 11) is 1.22. The van der Waals surface area contributed by atoms with E-state index in [0.29, 0.717) is 0 Å². The Balaban J connectivity index is 2.28. The Bertz CT molecular complexity index is 1280. The fourth-order valence-electron chi connectivity index (χ4n) is 3.46. The van der Waals surface area contributed by atoms with Crippen molar-refractivity contribution in [2.45, 2.75) is 26.6 Å². The maximum Gasteiger partial charge on any atom is 0.417 e. The molecule has 0 N–H and O–H groups in total. The van der Waals surface area contributed by atoms with Crippen molar-refractivity contribution in [1.29, 1.82) is 5.26 Å². The van der Waals surface area contributed by atoms with Gasteiger partial charge >= 0.3 is 12.1 Å². The molecule has 0 saturated heterocycles. The topological polar surface area (TPSA) is 72.1 Å². The minimum absolute atomic E-state index is 0.0160. The van der Waals surface area contributed by atoms with Gasteiger partial charge in [0.1, 0.15) is 11.6 Å². The average Bonchev–Trinajstić information content (AvgIpc) is 2.75. The second kappa shape index (κ2) is 8.71. The van der Waals surface area contributed by atoms with Gasteiger partial charge in [0.2, 0.25) is 0 Å². The van der Waals surface area contributed by atoms with Gasteiger partial charge in [-0.15, -0.1) is 0 Å². The number of ether oxygens (including phenoxy) is 1. The molecule has 3 aromatic rings. The fraction of sp³-hybridized carbons (Fsp3) is 0.208. The number of carbonyl (C=O) groups is 1. The van der Waals surface area contributed by atoms with E-state index < -0.39 is 28.8 Å². The number of hydrogen-bond donors (Lipinski definition) is 0. The third-order valence-corrected chi connectivity index (χ3v) is 5.15. The molecule has 1 aromatic heterocycles. The molecule has 0 bridgehead atoms. The zero-order valence-corrected chi connectivity index (χ0v) is 17.6. The van der Waals surface area contributed by atoms with Crippen molar-refractivity contribution in [2.24, 2.45) is 0 Å². The van der Waals surface area contributed by atoms with Crippen molar-refractivity contribution in [2.75, 3.05) is 7.11 Å². The first-order valence-corrected chi connectivity index (χ1v) is 9.56. The third kappa shape index (κ3) is 4.42. The predicted octanol–water partition coefficient (Wildman–Crippen LogP) is 4.86. The smallest absolute Gasteiger partial charge is 0.417 e. The third-order valence-electron chi connectivity index (χ3n) is 5.15. The summed E-state index contributed by atoms with van der Waals surface area (Å²) in [6, 6.07) is 13.4. The van der Waals surface area contributed by atoms with Gasteiger partial charge in [-0.25, -0.2) is 4.79 Å². The van der Waals surface area contributed by atoms with Crippen LogP contribution < -0.4 is 5.56 Å². The molecular weight excluding hydrogens is 421 g/mol. The van der Waals surface area contributed by atoms with Gasteiger partial charge in [-0.05, 0) is 48.7 Å². The summed E-state index contributed by atoms with van der Waals surface area (Å²) in [4.78, 5) is 24.7. The van der Waals surface area contributed by atoms with E-state index in [2.05, 4.69) is 4.74 Å². The number of methoxy groups -OCH3 is 1. The number of nitriles is 1. The molecule has 3 rings (SSSR count). The van der Waals surface area contributed by atoms with Crippen molar-refractivity contribution in [3.63, 3.8) is 0 Å². The number of pyridine rings is 1. The van der Waals surface area contributed by atoms with Gasteiger partial charge < -0.3 is 9.30 Å². The van der Waals surface area contributed by atoms with Crippen LogP contribution in [0.2, 0.25) is 0 Å². The van der Waals surface area contributed by atoms with Crippen molar-refractivity contribution in [3.05, 3.63) is 92.3 Å². The molecule has 5 nitrogen and oxygen atoms in total. The maximum atomic E-state index is 13.6. The van der Waals surface area contributed by atoms with E-state index in [4.69, 9.17) is 0 Å². The normalized spacial score (nSPS) is 11.2. The molecule has 164 valence electrons. The Labute approximate surface area is 182 Å². The zero-order chi connectivity index (χ0) is 23.6. The minimum atomic E-state index is -4.89. The molecule has 0 atom stereocenters. The molecule has 0 spiro atoms. The highest BCUT2D eigenvalue weighted by molar-refractivity contribution is 5.89. The number of halogens is 3. The summed E-state index contributed by atoms with van der Waals surface area (Å²) in [6.07, 6.45) is -4.89. The number of benzene rings is 2. The van der Waals surface area contributed by atoms with Crippen LogP contribution in [0.3, 0.4) is 0 Å². The maximum absolute atomic E-state index is 13.6. The number of aromatic nitrogens is 1. The quantitative estimate of drug-likeness (QED) is 0.544. The van der Waals surface area contributed by atoms with Crippen molar-refractivity contribution < 1.29 is 22.7 Å². The van der Waals surface area contributed by atoms with Gasteiger partial charge in [0, 0.05) is 0 Å². The van der Waals surface area contributed by atoms with Crippen LogP contribution in [0.1, 0.15) is 38.2 Å². The first-order chi connectivity index (χ1) is 15.1. The fourth-order valence-corrected chi connectivity index (χ4v) is 3.46. The Hall–Kier alpha value is -3.86. The Kier molecular flexibility index (Phi) is 6.21. The van der Waals surface area contributed by atoms with E-state index in [-0.39, 0.29) is 23.4 Å². The van der Waals surface area contributed by atoms with Gasteiger partial charge in [-0.3, -0.25) is 4.79 Å². The average molecular weight is 440 g/mol. The van der Waals surface area contributed by atoms with E-state index in [1.54, 1.807) is 6.07 Å². The monoisotopic (exact) mass is 440 g/mol. The van der Waals surface area contributed by atoms with Gasteiger partial charge in [-0.2, -0.15) is 18.4 Å². The minimum Gasteiger partial charge on any atom is -0.465 e. The lowest BCUT2D eigenvalue weighted by molar-refractivity contribution is -0.137. The number of nitrogens with zero attached hydrogens (tertiary/aromatic N) is 2. The molecule has 32 heavy (non-hydrogen) atoms. The molecular formula is C24H19F3N2O3. The summed E-state index contributed by atoms with van der Waals surface area (Å²) in [5.41, 5.74) is -0.213. The van der Waals surface area contributed by atoms with Crippen LogP contribution in [0.5, 0.6) is 0 Å². The Morgan fingerprint density at radius 2 is 1.75 bits per heavy atom. The van der Waals surface area contributed by atoms with Crippen LogP contribution in [0.4, 0.5) is 13.2 Å². The van der Waals surface area contributed by atoms with Gasteiger partial charge in [0.15, 0.2) is 0 Å². The Morgan fingerprint density at radius 1 is 1.09 bits per heavy atom. The van der Waals surface area contributed by atoms with E-state index in [1.165, 1.54) is 37.4 Å². The standard InChI is InChI=1S/C24H19F3N2O3/c1-14-4-5-18(15(2)10-14)13-29-21(16-6-8-17(9-7-16)23(31)32-3)11-20(24(25,26)27)19(12-28)22(29)30/h4-11H,13H2,1-3H3. The Morgan fingerprint density at radius 3 is 2.28 bits per heavy atom. The molecule has 0 fully saturated rings.